The summed E-state index contributed by atoms with van der Waals surface area (Å²) in [6.45, 7) is 8.63. The fourth-order valence-electron chi connectivity index (χ4n) is 2.76. The molecule has 26 heavy (non-hydrogen) atoms. The van der Waals surface area contributed by atoms with Gasteiger partial charge in [-0.2, -0.15) is 0 Å². The van der Waals surface area contributed by atoms with E-state index in [1.165, 1.54) is 6.08 Å². The van der Waals surface area contributed by atoms with Crippen molar-refractivity contribution in [2.75, 3.05) is 6.54 Å². The molecule has 1 aliphatic rings. The second kappa shape index (κ2) is 6.97. The Hall–Kier alpha value is -2.57. The number of rotatable bonds is 4. The maximum absolute atomic E-state index is 13.3. The van der Waals surface area contributed by atoms with E-state index in [1.807, 2.05) is 0 Å². The Bertz CT molecular complexity index is 741. The Morgan fingerprint density at radius 3 is 2.38 bits per heavy atom. The van der Waals surface area contributed by atoms with Crippen molar-refractivity contribution in [3.05, 3.63) is 36.2 Å². The highest BCUT2D eigenvalue weighted by atomic mass is 16.6. The number of carbonyl (C=O) groups excluding carboxylic acids is 3. The topological polar surface area (TPSA) is 77.8 Å². The van der Waals surface area contributed by atoms with Crippen LogP contribution in [0.15, 0.2) is 30.5 Å². The van der Waals surface area contributed by atoms with Gasteiger partial charge >= 0.3 is 12.1 Å². The van der Waals surface area contributed by atoms with Crippen LogP contribution in [0.2, 0.25) is 0 Å². The van der Waals surface area contributed by atoms with Crippen LogP contribution < -0.4 is 0 Å². The van der Waals surface area contributed by atoms with Crippen LogP contribution in [0.25, 0.3) is 0 Å². The van der Waals surface area contributed by atoms with E-state index < -0.39 is 35.1 Å². The molecule has 1 aliphatic heterocycles. The van der Waals surface area contributed by atoms with Crippen LogP contribution >= 0.6 is 0 Å². The first-order chi connectivity index (χ1) is 12.0. The Morgan fingerprint density at radius 1 is 1.23 bits per heavy atom. The molecule has 2 heterocycles. The second-order valence-electron chi connectivity index (χ2n) is 7.55. The molecule has 7 nitrogen and oxygen atoms in total. The van der Waals surface area contributed by atoms with Crippen LogP contribution in [-0.4, -0.2) is 51.1 Å². The largest absolute Gasteiger partial charge is 0.461 e. The molecule has 0 aromatic carbocycles. The number of aromatic nitrogens is 1. The SMILES string of the molecule is CC(C)OC(=O)C1(C(=O)c2cccn2C)C=CCN1C(=O)OC(C)(C)C. The van der Waals surface area contributed by atoms with Crippen LogP contribution in [0.5, 0.6) is 0 Å². The molecular formula is C19H26N2O5. The predicted molar refractivity (Wildman–Crippen MR) is 95.8 cm³/mol. The molecule has 1 amide bonds. The van der Waals surface area contributed by atoms with Crippen molar-refractivity contribution in [2.45, 2.75) is 51.9 Å². The molecule has 1 unspecified atom stereocenters. The average molecular weight is 362 g/mol. The summed E-state index contributed by atoms with van der Waals surface area (Å²) in [5.74, 6) is -1.33. The quantitative estimate of drug-likeness (QED) is 0.356. The predicted octanol–water partition coefficient (Wildman–Crippen LogP) is 2.71. The molecule has 1 aromatic heterocycles. The second-order valence-corrected chi connectivity index (χ2v) is 7.55. The van der Waals surface area contributed by atoms with Gasteiger partial charge in [0.05, 0.1) is 11.8 Å². The van der Waals surface area contributed by atoms with E-state index in [9.17, 15) is 14.4 Å². The van der Waals surface area contributed by atoms with Gasteiger partial charge in [0, 0.05) is 19.8 Å². The number of nitrogens with zero attached hydrogens (tertiary/aromatic N) is 2. The van der Waals surface area contributed by atoms with Gasteiger partial charge in [-0.1, -0.05) is 6.08 Å². The number of esters is 1. The van der Waals surface area contributed by atoms with E-state index in [1.54, 1.807) is 70.6 Å². The van der Waals surface area contributed by atoms with Crippen molar-refractivity contribution in [1.29, 1.82) is 0 Å². The van der Waals surface area contributed by atoms with Gasteiger partial charge in [0.2, 0.25) is 11.3 Å². The van der Waals surface area contributed by atoms with Gasteiger partial charge in [0.1, 0.15) is 5.60 Å². The number of amides is 1. The minimum absolute atomic E-state index is 0.0816. The number of carbonyl (C=O) groups is 3. The number of ketones is 1. The molecule has 0 N–H and O–H groups in total. The normalized spacial score (nSPS) is 19.7. The lowest BCUT2D eigenvalue weighted by atomic mass is 9.91. The number of ether oxygens (including phenoxy) is 2. The van der Waals surface area contributed by atoms with E-state index >= 15 is 0 Å². The number of Topliss-reactive ketones (excluding diaryl/α,β-unsaturated/α-hetero) is 1. The molecule has 0 fully saturated rings. The molecule has 1 atom stereocenters. The smallest absolute Gasteiger partial charge is 0.412 e. The standard InChI is InChI=1S/C19H26N2O5/c1-13(2)25-16(23)19(15(22)14-9-7-11-20(14)6)10-8-12-21(19)17(24)26-18(3,4)5/h7-11,13H,12H2,1-6H3. The monoisotopic (exact) mass is 362 g/mol. The Kier molecular flexibility index (Phi) is 5.30. The molecule has 7 heteroatoms. The highest BCUT2D eigenvalue weighted by Crippen LogP contribution is 2.31. The first-order valence-corrected chi connectivity index (χ1v) is 8.54. The summed E-state index contributed by atoms with van der Waals surface area (Å²) in [6, 6.07) is 3.30. The highest BCUT2D eigenvalue weighted by molar-refractivity contribution is 6.19. The molecular weight excluding hydrogens is 336 g/mol. The molecule has 0 saturated carbocycles. The third kappa shape index (κ3) is 3.66. The van der Waals surface area contributed by atoms with Crippen LogP contribution in [0, 0.1) is 0 Å². The molecule has 0 bridgehead atoms. The van der Waals surface area contributed by atoms with Gasteiger partial charge < -0.3 is 14.0 Å². The third-order valence-corrected chi connectivity index (χ3v) is 3.86. The van der Waals surface area contributed by atoms with Gasteiger partial charge in [-0.15, -0.1) is 0 Å². The summed E-state index contributed by atoms with van der Waals surface area (Å²) in [5.41, 5.74) is -2.34. The minimum atomic E-state index is -1.88. The zero-order chi connectivity index (χ0) is 19.7. The highest BCUT2D eigenvalue weighted by Gasteiger charge is 2.56. The molecule has 0 aliphatic carbocycles. The first kappa shape index (κ1) is 19.8. The molecule has 2 rings (SSSR count). The number of hydrogen-bond donors (Lipinski definition) is 0. The summed E-state index contributed by atoms with van der Waals surface area (Å²) in [6.07, 6.45) is 3.55. The van der Waals surface area contributed by atoms with E-state index in [4.69, 9.17) is 9.47 Å². The number of aryl methyl sites for hydroxylation is 1. The van der Waals surface area contributed by atoms with Gasteiger partial charge in [-0.05, 0) is 52.8 Å². The Balaban J connectivity index is 2.51. The van der Waals surface area contributed by atoms with E-state index in [2.05, 4.69) is 0 Å². The molecule has 142 valence electrons. The Morgan fingerprint density at radius 2 is 1.88 bits per heavy atom. The van der Waals surface area contributed by atoms with E-state index in [0.29, 0.717) is 5.69 Å². The first-order valence-electron chi connectivity index (χ1n) is 8.54. The molecule has 0 saturated heterocycles. The fraction of sp³-hybridized carbons (Fsp3) is 0.526. The lowest BCUT2D eigenvalue weighted by Gasteiger charge is -2.35. The minimum Gasteiger partial charge on any atom is -0.461 e. The third-order valence-electron chi connectivity index (χ3n) is 3.86. The lowest BCUT2D eigenvalue weighted by Crippen LogP contribution is -2.60. The maximum Gasteiger partial charge on any atom is 0.412 e. The summed E-state index contributed by atoms with van der Waals surface area (Å²) < 4.78 is 12.4. The van der Waals surface area contributed by atoms with Gasteiger partial charge in [-0.3, -0.25) is 9.69 Å². The fourth-order valence-corrected chi connectivity index (χ4v) is 2.76. The van der Waals surface area contributed by atoms with Crippen molar-refractivity contribution in [3.8, 4) is 0 Å². The van der Waals surface area contributed by atoms with E-state index in [0.717, 1.165) is 4.90 Å². The van der Waals surface area contributed by atoms with Gasteiger partial charge in [0.25, 0.3) is 0 Å². The number of hydrogen-bond acceptors (Lipinski definition) is 5. The zero-order valence-corrected chi connectivity index (χ0v) is 16.1. The van der Waals surface area contributed by atoms with E-state index in [-0.39, 0.29) is 6.54 Å². The lowest BCUT2D eigenvalue weighted by molar-refractivity contribution is -0.155. The summed E-state index contributed by atoms with van der Waals surface area (Å²) >= 11 is 0. The molecule has 0 radical (unpaired) electrons. The average Bonchev–Trinajstić information content (AvgIpc) is 3.10. The van der Waals surface area contributed by atoms with Crippen molar-refractivity contribution < 1.29 is 23.9 Å². The van der Waals surface area contributed by atoms with Crippen LogP contribution in [0.1, 0.15) is 45.1 Å². The van der Waals surface area contributed by atoms with Crippen molar-refractivity contribution in [1.82, 2.24) is 9.47 Å². The summed E-state index contributed by atoms with van der Waals surface area (Å²) in [5, 5.41) is 0. The van der Waals surface area contributed by atoms with Crippen LogP contribution in [-0.2, 0) is 21.3 Å². The molecule has 1 aromatic rings. The zero-order valence-electron chi connectivity index (χ0n) is 16.1. The van der Waals surface area contributed by atoms with Crippen molar-refractivity contribution >= 4 is 17.8 Å². The summed E-state index contributed by atoms with van der Waals surface area (Å²) in [4.78, 5) is 40.1. The maximum atomic E-state index is 13.3. The Labute approximate surface area is 153 Å². The van der Waals surface area contributed by atoms with Crippen molar-refractivity contribution in [2.24, 2.45) is 7.05 Å². The van der Waals surface area contributed by atoms with Gasteiger partial charge in [0.15, 0.2) is 0 Å². The van der Waals surface area contributed by atoms with Crippen molar-refractivity contribution in [3.63, 3.8) is 0 Å². The van der Waals surface area contributed by atoms with Crippen LogP contribution in [0.4, 0.5) is 4.79 Å². The van der Waals surface area contributed by atoms with Crippen LogP contribution in [0.3, 0.4) is 0 Å². The molecule has 0 spiro atoms. The summed E-state index contributed by atoms with van der Waals surface area (Å²) in [7, 11) is 1.70. The van der Waals surface area contributed by atoms with Gasteiger partial charge in [-0.25, -0.2) is 9.59 Å².